The number of rotatable bonds is 11. The molecule has 3 atom stereocenters. The minimum Gasteiger partial charge on any atom is -0.444 e. The predicted molar refractivity (Wildman–Crippen MR) is 130 cm³/mol. The summed E-state index contributed by atoms with van der Waals surface area (Å²) < 4.78 is 22.3. The van der Waals surface area contributed by atoms with Gasteiger partial charge in [-0.25, -0.2) is 14.4 Å². The van der Waals surface area contributed by atoms with Crippen LogP contribution in [-0.4, -0.2) is 70.3 Å². The smallest absolute Gasteiger partial charge is 0.444 e. The van der Waals surface area contributed by atoms with Gasteiger partial charge in [-0.1, -0.05) is 41.4 Å². The molecule has 202 valence electrons. The van der Waals surface area contributed by atoms with Crippen molar-refractivity contribution in [2.24, 2.45) is 11.7 Å². The number of allylic oxidation sites excluding steroid dienone is 1. The van der Waals surface area contributed by atoms with Crippen LogP contribution in [0.4, 0.5) is 9.59 Å². The molecule has 0 aromatic carbocycles. The van der Waals surface area contributed by atoms with Crippen LogP contribution in [0.3, 0.4) is 0 Å². The van der Waals surface area contributed by atoms with E-state index in [-0.39, 0.29) is 17.2 Å². The number of hydrogen-bond acceptors (Lipinski definition) is 11. The van der Waals surface area contributed by atoms with Crippen molar-refractivity contribution in [3.63, 3.8) is 0 Å². The number of amides is 2. The Labute approximate surface area is 226 Å². The summed E-state index contributed by atoms with van der Waals surface area (Å²) in [6.07, 6.45) is -3.29. The number of nitrogens with zero attached hydrogens (tertiary/aromatic N) is 1. The van der Waals surface area contributed by atoms with Gasteiger partial charge in [-0.05, 0) is 26.3 Å². The molecule has 0 spiro atoms. The van der Waals surface area contributed by atoms with Gasteiger partial charge in [-0.3, -0.25) is 14.5 Å². The number of esters is 2. The first-order valence-electron chi connectivity index (χ1n) is 10.0. The third-order valence-corrected chi connectivity index (χ3v) is 5.77. The highest BCUT2D eigenvalue weighted by molar-refractivity contribution is 8.03. The monoisotopic (exact) mass is 590 g/mol. The van der Waals surface area contributed by atoms with E-state index in [1.54, 1.807) is 13.8 Å². The van der Waals surface area contributed by atoms with Crippen molar-refractivity contribution >= 4 is 76.7 Å². The maximum absolute atomic E-state index is 13.1. The summed E-state index contributed by atoms with van der Waals surface area (Å²) in [7, 11) is 0. The number of β-lactam (4-membered cyclic amide) rings is 1. The molecule has 0 aromatic heterocycles. The molecule has 0 saturated carbocycles. The normalized spacial score (nSPS) is 17.8. The second-order valence-electron chi connectivity index (χ2n) is 7.40. The van der Waals surface area contributed by atoms with Crippen molar-refractivity contribution in [1.29, 1.82) is 0 Å². The van der Waals surface area contributed by atoms with E-state index in [1.165, 1.54) is 6.92 Å². The van der Waals surface area contributed by atoms with Gasteiger partial charge < -0.3 is 29.4 Å². The molecule has 0 bridgehead atoms. The van der Waals surface area contributed by atoms with Gasteiger partial charge >= 0.3 is 24.2 Å². The minimum atomic E-state index is -1.87. The third kappa shape index (κ3) is 9.96. The lowest BCUT2D eigenvalue weighted by Crippen LogP contribution is -2.63. The molecule has 2 amide bonds. The molecular formula is C20H25Cl3N2O10S. The number of carbonyl (C=O) groups excluding carboxylic acids is 5. The number of halogens is 3. The van der Waals surface area contributed by atoms with Crippen LogP contribution in [0.25, 0.3) is 0 Å². The van der Waals surface area contributed by atoms with Gasteiger partial charge in [0.25, 0.3) is 0 Å². The molecule has 1 aliphatic heterocycles. The topological polar surface area (TPSA) is 161 Å². The van der Waals surface area contributed by atoms with Gasteiger partial charge in [0.15, 0.2) is 0 Å². The van der Waals surface area contributed by atoms with Crippen LogP contribution >= 0.6 is 46.6 Å². The number of hydrogen-bond donors (Lipinski definition) is 1. The average molecular weight is 592 g/mol. The second kappa shape index (κ2) is 13.8. The summed E-state index contributed by atoms with van der Waals surface area (Å²) in [6.45, 7) is 7.89. The maximum atomic E-state index is 13.1. The molecule has 0 radical (unpaired) electrons. The Morgan fingerprint density at radius 3 is 2.22 bits per heavy atom. The number of thioether (sulfide) groups is 1. The molecule has 1 aliphatic rings. The fourth-order valence-electron chi connectivity index (χ4n) is 2.82. The third-order valence-electron chi connectivity index (χ3n) is 4.25. The molecule has 16 heteroatoms. The van der Waals surface area contributed by atoms with Gasteiger partial charge in [0.2, 0.25) is 16.5 Å². The first-order chi connectivity index (χ1) is 16.5. The van der Waals surface area contributed by atoms with E-state index in [0.717, 1.165) is 23.6 Å². The molecule has 1 rings (SSSR count). The molecular weight excluding hydrogens is 567 g/mol. The molecule has 1 fully saturated rings. The van der Waals surface area contributed by atoms with E-state index in [1.807, 2.05) is 0 Å². The van der Waals surface area contributed by atoms with Gasteiger partial charge in [-0.2, -0.15) is 0 Å². The minimum absolute atomic E-state index is 0.129. The number of nitrogens with two attached hydrogens (primary N) is 1. The van der Waals surface area contributed by atoms with E-state index in [0.29, 0.717) is 5.57 Å². The maximum Gasteiger partial charge on any atom is 0.508 e. The number of carbonyl (C=O) groups is 5. The Bertz CT molecular complexity index is 933. The number of ether oxygens (including phenoxy) is 5. The van der Waals surface area contributed by atoms with Crippen molar-refractivity contribution in [2.45, 2.75) is 43.0 Å². The highest BCUT2D eigenvalue weighted by Gasteiger charge is 2.55. The summed E-state index contributed by atoms with van der Waals surface area (Å²) in [6, 6.07) is 0. The molecule has 2 N–H and O–H groups in total. The summed E-state index contributed by atoms with van der Waals surface area (Å²) in [5, 5.41) is -0.858. The van der Waals surface area contributed by atoms with E-state index in [2.05, 4.69) is 11.3 Å². The summed E-state index contributed by atoms with van der Waals surface area (Å²) >= 11 is 17.6. The van der Waals surface area contributed by atoms with Crippen LogP contribution in [0.5, 0.6) is 0 Å². The van der Waals surface area contributed by atoms with Gasteiger partial charge in [0, 0.05) is 11.8 Å². The van der Waals surface area contributed by atoms with E-state index < -0.39 is 64.7 Å². The Morgan fingerprint density at radius 1 is 1.11 bits per heavy atom. The fourth-order valence-corrected chi connectivity index (χ4v) is 4.25. The molecule has 36 heavy (non-hydrogen) atoms. The lowest BCUT2D eigenvalue weighted by molar-refractivity contribution is -0.169. The fraction of sp³-hybridized carbons (Fsp3) is 0.550. The second-order valence-corrected chi connectivity index (χ2v) is 11.2. The lowest BCUT2D eigenvalue weighted by Gasteiger charge is -2.48. The average Bonchev–Trinajstić information content (AvgIpc) is 2.72. The predicted octanol–water partition coefficient (Wildman–Crippen LogP) is 3.38. The van der Waals surface area contributed by atoms with Crippen LogP contribution in [0.1, 0.15) is 27.7 Å². The van der Waals surface area contributed by atoms with Crippen molar-refractivity contribution in [3.8, 4) is 0 Å². The van der Waals surface area contributed by atoms with Crippen molar-refractivity contribution in [2.75, 3.05) is 20.0 Å². The van der Waals surface area contributed by atoms with E-state index >= 15 is 0 Å². The Morgan fingerprint density at radius 2 is 1.72 bits per heavy atom. The van der Waals surface area contributed by atoms with Gasteiger partial charge in [0.05, 0.1) is 0 Å². The Balaban J connectivity index is 3.12. The molecule has 12 nitrogen and oxygen atoms in total. The van der Waals surface area contributed by atoms with Crippen LogP contribution in [-0.2, 0) is 38.1 Å². The van der Waals surface area contributed by atoms with Gasteiger partial charge in [0.1, 0.15) is 36.3 Å². The zero-order valence-electron chi connectivity index (χ0n) is 19.7. The highest BCUT2D eigenvalue weighted by Crippen LogP contribution is 2.44. The Hall–Kier alpha value is -2.35. The highest BCUT2D eigenvalue weighted by atomic mass is 35.6. The quantitative estimate of drug-likeness (QED) is 0.0936. The Kier molecular flexibility index (Phi) is 12.2. The van der Waals surface area contributed by atoms with Crippen LogP contribution < -0.4 is 5.73 Å². The molecule has 0 aromatic rings. The summed E-state index contributed by atoms with van der Waals surface area (Å²) in [5.41, 5.74) is 5.24. The van der Waals surface area contributed by atoms with Crippen LogP contribution in [0.2, 0.25) is 0 Å². The van der Waals surface area contributed by atoms with E-state index in [4.69, 9.17) is 59.5 Å². The number of alkyl halides is 3. The zero-order valence-corrected chi connectivity index (χ0v) is 22.8. The SMILES string of the molecule is C=C(COC(N)=O)S[C@@H]1[C@@H]([C@@H](C)OC(=O)OCC(Cl)(Cl)Cl)C(=O)N1C(C(=O)OCOC(C)=O)=C(C)C. The van der Waals surface area contributed by atoms with Crippen LogP contribution in [0.15, 0.2) is 22.8 Å². The molecule has 0 aliphatic carbocycles. The van der Waals surface area contributed by atoms with Gasteiger partial charge in [-0.15, -0.1) is 11.8 Å². The molecule has 0 unspecified atom stereocenters. The van der Waals surface area contributed by atoms with E-state index in [9.17, 15) is 24.0 Å². The van der Waals surface area contributed by atoms with Crippen molar-refractivity contribution in [3.05, 3.63) is 22.8 Å². The van der Waals surface area contributed by atoms with Crippen molar-refractivity contribution in [1.82, 2.24) is 4.90 Å². The molecule has 1 saturated heterocycles. The number of likely N-dealkylation sites (tertiary alicyclic amines) is 1. The first kappa shape index (κ1) is 31.7. The summed E-state index contributed by atoms with van der Waals surface area (Å²) in [4.78, 5) is 61.1. The number of primary amides is 1. The zero-order chi connectivity index (χ0) is 27.8. The van der Waals surface area contributed by atoms with Crippen molar-refractivity contribution < 1.29 is 47.7 Å². The lowest BCUT2D eigenvalue weighted by atomic mass is 9.91. The standard InChI is InChI=1S/C20H25Cl3N2O10S/c1-9(2)14(17(28)34-8-33-12(5)26)25-15(27)13(16(25)36-10(3)6-31-18(24)29)11(4)35-19(30)32-7-20(21,22)23/h11,13,16H,3,6-8H2,1-2,4-5H3,(H2,24,29)/t11-,13+,16-/m1/s1. The molecule has 1 heterocycles. The largest absolute Gasteiger partial charge is 0.508 e. The summed E-state index contributed by atoms with van der Waals surface area (Å²) in [5.74, 6) is -3.20. The first-order valence-corrected chi connectivity index (χ1v) is 12.0. The van der Waals surface area contributed by atoms with Crippen LogP contribution in [0, 0.1) is 5.92 Å².